The van der Waals surface area contributed by atoms with Gasteiger partial charge in [-0.3, -0.25) is 4.79 Å². The van der Waals surface area contributed by atoms with Gasteiger partial charge in [-0.25, -0.2) is 8.78 Å². The Labute approximate surface area is 122 Å². The van der Waals surface area contributed by atoms with Crippen molar-refractivity contribution in [2.45, 2.75) is 32.2 Å². The molecule has 0 heterocycles. The van der Waals surface area contributed by atoms with Crippen LogP contribution in [0.5, 0.6) is 0 Å². The Morgan fingerprint density at radius 1 is 1.29 bits per heavy atom. The predicted octanol–water partition coefficient (Wildman–Crippen LogP) is 2.41. The van der Waals surface area contributed by atoms with Gasteiger partial charge in [0.15, 0.2) is 0 Å². The number of aryl methyl sites for hydroxylation is 1. The minimum atomic E-state index is -0.713. The lowest BCUT2D eigenvalue weighted by Gasteiger charge is -2.30. The maximum absolute atomic E-state index is 13.8. The summed E-state index contributed by atoms with van der Waals surface area (Å²) in [6, 6.07) is 1.85. The van der Waals surface area contributed by atoms with Crippen LogP contribution in [0.25, 0.3) is 0 Å². The number of nitrogens with one attached hydrogen (secondary N) is 1. The monoisotopic (exact) mass is 295 g/mol. The summed E-state index contributed by atoms with van der Waals surface area (Å²) < 4.78 is 27.4. The van der Waals surface area contributed by atoms with Crippen LogP contribution >= 0.6 is 0 Å². The van der Waals surface area contributed by atoms with Crippen LogP contribution in [-0.4, -0.2) is 23.7 Å². The second-order valence-corrected chi connectivity index (χ2v) is 6.26. The number of carbonyl (C=O) groups is 1. The molecule has 2 saturated carbocycles. The standard InChI is InChI=1S/C16H19F2NO2/c1-8-4-14(18)11(6-13(8)17)16(21)19-15-10-3-2-9(5-10)12(15)7-20/h4,6,9-10,12,15,20H,2-3,5,7H2,1H3,(H,19,21). The van der Waals surface area contributed by atoms with Gasteiger partial charge in [0.05, 0.1) is 5.56 Å². The van der Waals surface area contributed by atoms with Crippen LogP contribution in [-0.2, 0) is 0 Å². The van der Waals surface area contributed by atoms with Crippen LogP contribution in [0.3, 0.4) is 0 Å². The Bertz CT molecular complexity index is 576. The molecule has 0 spiro atoms. The predicted molar refractivity (Wildman–Crippen MR) is 73.8 cm³/mol. The molecule has 0 aromatic heterocycles. The van der Waals surface area contributed by atoms with Gasteiger partial charge in [0.1, 0.15) is 11.6 Å². The lowest BCUT2D eigenvalue weighted by molar-refractivity contribution is 0.0857. The molecule has 4 atom stereocenters. The van der Waals surface area contributed by atoms with Crippen LogP contribution in [0.15, 0.2) is 12.1 Å². The first kappa shape index (κ1) is 14.4. The summed E-state index contributed by atoms with van der Waals surface area (Å²) >= 11 is 0. The van der Waals surface area contributed by atoms with Crippen molar-refractivity contribution in [2.24, 2.45) is 17.8 Å². The molecule has 1 aromatic rings. The van der Waals surface area contributed by atoms with E-state index < -0.39 is 17.5 Å². The topological polar surface area (TPSA) is 49.3 Å². The summed E-state index contributed by atoms with van der Waals surface area (Å²) in [5, 5.41) is 12.3. The Morgan fingerprint density at radius 2 is 2.00 bits per heavy atom. The molecule has 3 nitrogen and oxygen atoms in total. The molecule has 1 aromatic carbocycles. The summed E-state index contributed by atoms with van der Waals surface area (Å²) in [5.74, 6) is -1.09. The molecule has 0 aliphatic heterocycles. The maximum Gasteiger partial charge on any atom is 0.254 e. The molecule has 2 bridgehead atoms. The third-order valence-electron chi connectivity index (χ3n) is 5.09. The average Bonchev–Trinajstić information content (AvgIpc) is 3.03. The molecule has 3 rings (SSSR count). The molecule has 0 saturated heterocycles. The highest BCUT2D eigenvalue weighted by atomic mass is 19.1. The number of aliphatic hydroxyl groups excluding tert-OH is 1. The molecule has 4 unspecified atom stereocenters. The van der Waals surface area contributed by atoms with E-state index in [4.69, 9.17) is 0 Å². The van der Waals surface area contributed by atoms with Gasteiger partial charge in [0.25, 0.3) is 5.91 Å². The fourth-order valence-electron chi connectivity index (χ4n) is 3.95. The van der Waals surface area contributed by atoms with Crippen LogP contribution in [0, 0.1) is 36.3 Å². The number of hydrogen-bond acceptors (Lipinski definition) is 2. The van der Waals surface area contributed by atoms with Crippen molar-refractivity contribution in [1.29, 1.82) is 0 Å². The second-order valence-electron chi connectivity index (χ2n) is 6.26. The highest BCUT2D eigenvalue weighted by Gasteiger charge is 2.47. The lowest BCUT2D eigenvalue weighted by Crippen LogP contribution is -2.45. The number of aliphatic hydroxyl groups is 1. The molecule has 114 valence electrons. The molecule has 2 aliphatic rings. The van der Waals surface area contributed by atoms with Crippen LogP contribution in [0.4, 0.5) is 8.78 Å². The highest BCUT2D eigenvalue weighted by molar-refractivity contribution is 5.94. The fraction of sp³-hybridized carbons (Fsp3) is 0.562. The largest absolute Gasteiger partial charge is 0.396 e. The van der Waals surface area contributed by atoms with Gasteiger partial charge < -0.3 is 10.4 Å². The number of carbonyl (C=O) groups excluding carboxylic acids is 1. The van der Waals surface area contributed by atoms with Gasteiger partial charge in [-0.15, -0.1) is 0 Å². The van der Waals surface area contributed by atoms with Gasteiger partial charge >= 0.3 is 0 Å². The number of hydrogen-bond donors (Lipinski definition) is 2. The first-order chi connectivity index (χ1) is 10.0. The minimum absolute atomic E-state index is 0.0247. The first-order valence-electron chi connectivity index (χ1n) is 7.38. The zero-order valence-electron chi connectivity index (χ0n) is 11.9. The smallest absolute Gasteiger partial charge is 0.254 e. The van der Waals surface area contributed by atoms with Crippen LogP contribution in [0.2, 0.25) is 0 Å². The fourth-order valence-corrected chi connectivity index (χ4v) is 3.95. The van der Waals surface area contributed by atoms with Crippen molar-refractivity contribution in [2.75, 3.05) is 6.61 Å². The third-order valence-corrected chi connectivity index (χ3v) is 5.09. The van der Waals surface area contributed by atoms with E-state index in [9.17, 15) is 18.7 Å². The Morgan fingerprint density at radius 3 is 2.71 bits per heavy atom. The zero-order valence-corrected chi connectivity index (χ0v) is 11.9. The van der Waals surface area contributed by atoms with Crippen molar-refractivity contribution in [3.05, 3.63) is 34.9 Å². The van der Waals surface area contributed by atoms with Gasteiger partial charge in [0, 0.05) is 18.6 Å². The molecule has 1 amide bonds. The van der Waals surface area contributed by atoms with Crippen molar-refractivity contribution in [3.8, 4) is 0 Å². The number of rotatable bonds is 3. The van der Waals surface area contributed by atoms with Crippen LogP contribution < -0.4 is 5.32 Å². The van der Waals surface area contributed by atoms with E-state index in [0.29, 0.717) is 11.8 Å². The van der Waals surface area contributed by atoms with Crippen LogP contribution in [0.1, 0.15) is 35.2 Å². The van der Waals surface area contributed by atoms with E-state index in [1.807, 2.05) is 0 Å². The summed E-state index contributed by atoms with van der Waals surface area (Å²) in [6.45, 7) is 1.48. The summed E-state index contributed by atoms with van der Waals surface area (Å²) in [6.07, 6.45) is 3.10. The van der Waals surface area contributed by atoms with Crippen molar-refractivity contribution < 1.29 is 18.7 Å². The summed E-state index contributed by atoms with van der Waals surface area (Å²) in [7, 11) is 0. The van der Waals surface area contributed by atoms with Crippen molar-refractivity contribution >= 4 is 5.91 Å². The minimum Gasteiger partial charge on any atom is -0.396 e. The quantitative estimate of drug-likeness (QED) is 0.899. The Kier molecular flexibility index (Phi) is 3.69. The van der Waals surface area contributed by atoms with Gasteiger partial charge in [-0.1, -0.05) is 0 Å². The number of halogens is 2. The number of benzene rings is 1. The number of amides is 1. The molecule has 21 heavy (non-hydrogen) atoms. The molecular weight excluding hydrogens is 276 g/mol. The SMILES string of the molecule is Cc1cc(F)c(C(=O)NC2C3CCC(C3)C2CO)cc1F. The van der Waals surface area contributed by atoms with Gasteiger partial charge in [0.2, 0.25) is 0 Å². The van der Waals surface area contributed by atoms with Crippen molar-refractivity contribution in [1.82, 2.24) is 5.32 Å². The normalized spacial score (nSPS) is 30.7. The van der Waals surface area contributed by atoms with E-state index in [1.165, 1.54) is 6.92 Å². The Balaban J connectivity index is 1.79. The average molecular weight is 295 g/mol. The van der Waals surface area contributed by atoms with E-state index in [0.717, 1.165) is 31.4 Å². The van der Waals surface area contributed by atoms with E-state index >= 15 is 0 Å². The first-order valence-corrected chi connectivity index (χ1v) is 7.38. The van der Waals surface area contributed by atoms with Gasteiger partial charge in [-0.2, -0.15) is 0 Å². The summed E-state index contributed by atoms with van der Waals surface area (Å²) in [4.78, 5) is 12.2. The zero-order chi connectivity index (χ0) is 15.1. The highest BCUT2D eigenvalue weighted by Crippen LogP contribution is 2.48. The summed E-state index contributed by atoms with van der Waals surface area (Å²) in [5.41, 5.74) is -0.0882. The maximum atomic E-state index is 13.8. The molecule has 5 heteroatoms. The molecular formula is C16H19F2NO2. The molecule has 2 aliphatic carbocycles. The van der Waals surface area contributed by atoms with Crippen molar-refractivity contribution in [3.63, 3.8) is 0 Å². The van der Waals surface area contributed by atoms with E-state index in [1.54, 1.807) is 0 Å². The molecule has 2 fully saturated rings. The lowest BCUT2D eigenvalue weighted by atomic mass is 9.85. The third kappa shape index (κ3) is 2.44. The molecule has 2 N–H and O–H groups in total. The molecule has 0 radical (unpaired) electrons. The van der Waals surface area contributed by atoms with E-state index in [2.05, 4.69) is 5.32 Å². The second kappa shape index (κ2) is 5.37. The Hall–Kier alpha value is -1.49. The van der Waals surface area contributed by atoms with Gasteiger partial charge in [-0.05, 0) is 55.7 Å². The van der Waals surface area contributed by atoms with E-state index in [-0.39, 0.29) is 29.7 Å². The number of fused-ring (bicyclic) bond motifs is 2.